The van der Waals surface area contributed by atoms with Crippen molar-refractivity contribution in [3.8, 4) is 11.4 Å². The lowest BCUT2D eigenvalue weighted by atomic mass is 10.1. The van der Waals surface area contributed by atoms with Gasteiger partial charge in [0.2, 0.25) is 11.7 Å². The maximum absolute atomic E-state index is 5.75. The number of benzene rings is 1. The highest BCUT2D eigenvalue weighted by Crippen LogP contribution is 2.18. The minimum absolute atomic E-state index is 0.444. The highest BCUT2D eigenvalue weighted by atomic mass is 16.5. The van der Waals surface area contributed by atoms with Crippen LogP contribution >= 0.6 is 0 Å². The number of hydrogen-bond donors (Lipinski definition) is 0. The Hall–Kier alpha value is -1.76. The summed E-state index contributed by atoms with van der Waals surface area (Å²) in [5.74, 6) is 1.38. The quantitative estimate of drug-likeness (QED) is 0.793. The van der Waals surface area contributed by atoms with Gasteiger partial charge in [0.1, 0.15) is 0 Å². The minimum atomic E-state index is 0.444. The molecule has 0 aliphatic carbocycles. The highest BCUT2D eigenvalue weighted by molar-refractivity contribution is 5.54. The van der Waals surface area contributed by atoms with Gasteiger partial charge in [-0.2, -0.15) is 4.98 Å². The number of nitrogens with zero attached hydrogens (tertiary/aromatic N) is 4. The average molecular weight is 356 g/mol. The van der Waals surface area contributed by atoms with E-state index in [0.29, 0.717) is 17.8 Å². The van der Waals surface area contributed by atoms with Crippen LogP contribution in [0.15, 0.2) is 28.8 Å². The first-order valence-electron chi connectivity index (χ1n) is 9.78. The van der Waals surface area contributed by atoms with Crippen LogP contribution in [-0.2, 0) is 17.7 Å². The van der Waals surface area contributed by atoms with Crippen LogP contribution in [0.25, 0.3) is 11.4 Å². The molecule has 1 atom stereocenters. The summed E-state index contributed by atoms with van der Waals surface area (Å²) in [6, 6.07) is 8.38. The smallest absolute Gasteiger partial charge is 0.241 e. The van der Waals surface area contributed by atoms with E-state index in [4.69, 9.17) is 9.26 Å². The van der Waals surface area contributed by atoms with Crippen molar-refractivity contribution >= 4 is 0 Å². The van der Waals surface area contributed by atoms with Crippen molar-refractivity contribution in [2.24, 2.45) is 0 Å². The van der Waals surface area contributed by atoms with Crippen molar-refractivity contribution in [2.45, 2.75) is 38.8 Å². The molecule has 1 aromatic carbocycles. The third-order valence-electron chi connectivity index (χ3n) is 5.40. The van der Waals surface area contributed by atoms with E-state index >= 15 is 0 Å². The lowest BCUT2D eigenvalue weighted by molar-refractivity contribution is 0.0468. The largest absolute Gasteiger partial charge is 0.377 e. The summed E-state index contributed by atoms with van der Waals surface area (Å²) in [5, 5.41) is 4.15. The van der Waals surface area contributed by atoms with Crippen LogP contribution in [0.5, 0.6) is 0 Å². The van der Waals surface area contributed by atoms with Gasteiger partial charge < -0.3 is 9.26 Å². The highest BCUT2D eigenvalue weighted by Gasteiger charge is 2.23. The fraction of sp³-hybridized carbons (Fsp3) is 0.600. The zero-order chi connectivity index (χ0) is 17.8. The van der Waals surface area contributed by atoms with Crippen molar-refractivity contribution in [1.82, 2.24) is 19.9 Å². The Morgan fingerprint density at radius 1 is 1.08 bits per heavy atom. The fourth-order valence-corrected chi connectivity index (χ4v) is 3.72. The van der Waals surface area contributed by atoms with Crippen LogP contribution in [0.2, 0.25) is 0 Å². The molecule has 2 aromatic rings. The molecule has 2 aliphatic heterocycles. The Morgan fingerprint density at radius 2 is 1.85 bits per heavy atom. The van der Waals surface area contributed by atoms with E-state index in [1.54, 1.807) is 0 Å². The summed E-state index contributed by atoms with van der Waals surface area (Å²) in [7, 11) is 0. The molecule has 2 aliphatic rings. The molecule has 6 nitrogen and oxygen atoms in total. The van der Waals surface area contributed by atoms with Crippen LogP contribution < -0.4 is 0 Å². The van der Waals surface area contributed by atoms with E-state index in [1.165, 1.54) is 18.4 Å². The second-order valence-electron chi connectivity index (χ2n) is 7.27. The van der Waals surface area contributed by atoms with Crippen LogP contribution in [0.1, 0.15) is 31.2 Å². The van der Waals surface area contributed by atoms with Crippen LogP contribution in [0.4, 0.5) is 0 Å². The summed E-state index contributed by atoms with van der Waals surface area (Å²) in [6.45, 7) is 9.14. The molecule has 4 rings (SSSR count). The Bertz CT molecular complexity index is 686. The van der Waals surface area contributed by atoms with Gasteiger partial charge in [0.15, 0.2) is 0 Å². The van der Waals surface area contributed by atoms with Gasteiger partial charge in [-0.1, -0.05) is 36.3 Å². The number of hydrogen-bond acceptors (Lipinski definition) is 6. The third kappa shape index (κ3) is 4.31. The molecule has 2 fully saturated rings. The number of rotatable bonds is 6. The Labute approximate surface area is 155 Å². The van der Waals surface area contributed by atoms with Crippen LogP contribution in [0.3, 0.4) is 0 Å². The van der Waals surface area contributed by atoms with Crippen molar-refractivity contribution < 1.29 is 9.26 Å². The third-order valence-corrected chi connectivity index (χ3v) is 5.40. The molecule has 0 amide bonds. The second kappa shape index (κ2) is 8.29. The molecule has 0 bridgehead atoms. The van der Waals surface area contributed by atoms with Gasteiger partial charge >= 0.3 is 0 Å². The minimum Gasteiger partial charge on any atom is -0.377 e. The first-order valence-corrected chi connectivity index (χ1v) is 9.78. The zero-order valence-corrected chi connectivity index (χ0v) is 15.6. The molecule has 1 unspecified atom stereocenters. The predicted molar refractivity (Wildman–Crippen MR) is 99.8 cm³/mol. The van der Waals surface area contributed by atoms with E-state index in [1.807, 2.05) is 0 Å². The summed E-state index contributed by atoms with van der Waals surface area (Å²) in [6.07, 6.45) is 3.91. The molecule has 0 N–H and O–H groups in total. The molecule has 26 heavy (non-hydrogen) atoms. The van der Waals surface area contributed by atoms with E-state index in [-0.39, 0.29) is 0 Å². The standard InChI is InChI=1S/C20H28N4O2/c1-2-16-5-7-17(8-6-16)20-21-19(26-22-20)15-24-11-9-23(10-12-24)14-18-4-3-13-25-18/h5-8,18H,2-4,9-15H2,1H3. The maximum Gasteiger partial charge on any atom is 0.241 e. The molecule has 0 spiro atoms. The van der Waals surface area contributed by atoms with Crippen molar-refractivity contribution in [1.29, 1.82) is 0 Å². The van der Waals surface area contributed by atoms with Crippen LogP contribution in [-0.4, -0.2) is 65.4 Å². The van der Waals surface area contributed by atoms with Gasteiger partial charge in [0.05, 0.1) is 12.6 Å². The number of aryl methyl sites for hydroxylation is 1. The predicted octanol–water partition coefficient (Wildman–Crippen LogP) is 2.60. The van der Waals surface area contributed by atoms with E-state index in [2.05, 4.69) is 51.1 Å². The molecule has 0 saturated carbocycles. The lowest BCUT2D eigenvalue weighted by Gasteiger charge is -2.34. The normalized spacial score (nSPS) is 22.1. The van der Waals surface area contributed by atoms with Gasteiger partial charge in [-0.25, -0.2) is 0 Å². The molecular weight excluding hydrogens is 328 g/mol. The average Bonchev–Trinajstić information content (AvgIpc) is 3.36. The maximum atomic E-state index is 5.75. The summed E-state index contributed by atoms with van der Waals surface area (Å²) >= 11 is 0. The fourth-order valence-electron chi connectivity index (χ4n) is 3.72. The molecule has 0 radical (unpaired) electrons. The van der Waals surface area contributed by atoms with Gasteiger partial charge in [-0.15, -0.1) is 0 Å². The first-order chi connectivity index (χ1) is 12.8. The summed E-state index contributed by atoms with van der Waals surface area (Å²) in [5.41, 5.74) is 2.33. The molecule has 140 valence electrons. The molecule has 6 heteroatoms. The Kier molecular flexibility index (Phi) is 5.62. The van der Waals surface area contributed by atoms with Crippen molar-refractivity contribution in [3.63, 3.8) is 0 Å². The van der Waals surface area contributed by atoms with Crippen molar-refractivity contribution in [3.05, 3.63) is 35.7 Å². The van der Waals surface area contributed by atoms with Gasteiger partial charge in [-0.3, -0.25) is 9.80 Å². The summed E-state index contributed by atoms with van der Waals surface area (Å²) < 4.78 is 11.2. The first kappa shape index (κ1) is 17.6. The Balaban J connectivity index is 1.27. The SMILES string of the molecule is CCc1ccc(-c2noc(CN3CCN(CC4CCCO4)CC3)n2)cc1. The van der Waals surface area contributed by atoms with Crippen LogP contribution in [0, 0.1) is 0 Å². The van der Waals surface area contributed by atoms with Gasteiger partial charge in [-0.05, 0) is 24.8 Å². The molecule has 3 heterocycles. The van der Waals surface area contributed by atoms with Gasteiger partial charge in [0, 0.05) is 44.9 Å². The topological polar surface area (TPSA) is 54.6 Å². The van der Waals surface area contributed by atoms with Crippen molar-refractivity contribution in [2.75, 3.05) is 39.3 Å². The molecule has 2 saturated heterocycles. The summed E-state index contributed by atoms with van der Waals surface area (Å²) in [4.78, 5) is 9.49. The number of ether oxygens (including phenoxy) is 1. The van der Waals surface area contributed by atoms with E-state index in [9.17, 15) is 0 Å². The molecular formula is C20H28N4O2. The van der Waals surface area contributed by atoms with E-state index in [0.717, 1.165) is 57.9 Å². The Morgan fingerprint density at radius 3 is 2.54 bits per heavy atom. The zero-order valence-electron chi connectivity index (χ0n) is 15.6. The second-order valence-corrected chi connectivity index (χ2v) is 7.27. The lowest BCUT2D eigenvalue weighted by Crippen LogP contribution is -2.48. The molecule has 1 aromatic heterocycles. The van der Waals surface area contributed by atoms with E-state index < -0.39 is 0 Å². The number of aromatic nitrogens is 2. The number of piperazine rings is 1. The van der Waals surface area contributed by atoms with Gasteiger partial charge in [0.25, 0.3) is 0 Å². The monoisotopic (exact) mass is 356 g/mol.